The smallest absolute Gasteiger partial charge is 0.243 e. The summed E-state index contributed by atoms with van der Waals surface area (Å²) in [5.41, 5.74) is 2.99. The SMILES string of the molecule is Cc1cccc(C)c1NC(=O)CNC(=O)[C@@H](C)N(C)Cc1c(F)cccc1Cl. The van der Waals surface area contributed by atoms with E-state index < -0.39 is 11.9 Å². The van der Waals surface area contributed by atoms with Gasteiger partial charge in [0.2, 0.25) is 11.8 Å². The first-order valence-electron chi connectivity index (χ1n) is 8.97. The highest BCUT2D eigenvalue weighted by Crippen LogP contribution is 2.21. The normalized spacial score (nSPS) is 12.0. The highest BCUT2D eigenvalue weighted by molar-refractivity contribution is 6.31. The zero-order valence-corrected chi connectivity index (χ0v) is 17.2. The first-order valence-corrected chi connectivity index (χ1v) is 9.35. The van der Waals surface area contributed by atoms with Crippen molar-refractivity contribution in [3.05, 3.63) is 63.9 Å². The molecule has 0 fully saturated rings. The minimum absolute atomic E-state index is 0.148. The average Bonchev–Trinajstić information content (AvgIpc) is 2.65. The number of rotatable bonds is 7. The molecule has 150 valence electrons. The number of likely N-dealkylation sites (N-methyl/N-ethyl adjacent to an activating group) is 1. The van der Waals surface area contributed by atoms with Crippen LogP contribution in [0.1, 0.15) is 23.6 Å². The molecule has 0 spiro atoms. The van der Waals surface area contributed by atoms with Crippen LogP contribution in [0.3, 0.4) is 0 Å². The molecule has 2 aromatic carbocycles. The van der Waals surface area contributed by atoms with Crippen molar-refractivity contribution in [1.82, 2.24) is 10.2 Å². The maximum atomic E-state index is 13.9. The van der Waals surface area contributed by atoms with Gasteiger partial charge in [-0.25, -0.2) is 4.39 Å². The topological polar surface area (TPSA) is 61.4 Å². The Kier molecular flexibility index (Phi) is 7.54. The number of nitrogens with one attached hydrogen (secondary N) is 2. The van der Waals surface area contributed by atoms with E-state index in [1.165, 1.54) is 12.1 Å². The largest absolute Gasteiger partial charge is 0.346 e. The van der Waals surface area contributed by atoms with E-state index in [-0.39, 0.29) is 24.9 Å². The Balaban J connectivity index is 1.90. The Morgan fingerprint density at radius 3 is 2.36 bits per heavy atom. The molecule has 0 aliphatic heterocycles. The number of aryl methyl sites for hydroxylation is 2. The predicted octanol–water partition coefficient (Wildman–Crippen LogP) is 3.67. The average molecular weight is 406 g/mol. The third-order valence-corrected chi connectivity index (χ3v) is 5.03. The maximum Gasteiger partial charge on any atom is 0.243 e. The van der Waals surface area contributed by atoms with Crippen LogP contribution >= 0.6 is 11.6 Å². The van der Waals surface area contributed by atoms with Crippen molar-refractivity contribution in [2.75, 3.05) is 18.9 Å². The number of hydrogen-bond donors (Lipinski definition) is 2. The van der Waals surface area contributed by atoms with Crippen molar-refractivity contribution in [2.45, 2.75) is 33.4 Å². The summed E-state index contributed by atoms with van der Waals surface area (Å²) < 4.78 is 13.9. The number of nitrogens with zero attached hydrogens (tertiary/aromatic N) is 1. The van der Waals surface area contributed by atoms with Gasteiger partial charge in [-0.2, -0.15) is 0 Å². The number of benzene rings is 2. The lowest BCUT2D eigenvalue weighted by Crippen LogP contribution is -2.45. The lowest BCUT2D eigenvalue weighted by Gasteiger charge is -2.24. The molecule has 0 aliphatic carbocycles. The van der Waals surface area contributed by atoms with Gasteiger partial charge in [-0.3, -0.25) is 14.5 Å². The molecule has 1 atom stereocenters. The molecule has 5 nitrogen and oxygen atoms in total. The monoisotopic (exact) mass is 405 g/mol. The van der Waals surface area contributed by atoms with E-state index in [1.54, 1.807) is 24.9 Å². The van der Waals surface area contributed by atoms with Gasteiger partial charge in [-0.05, 0) is 51.1 Å². The second-order valence-corrected chi connectivity index (χ2v) is 7.23. The van der Waals surface area contributed by atoms with E-state index in [9.17, 15) is 14.0 Å². The van der Waals surface area contributed by atoms with Gasteiger partial charge in [-0.15, -0.1) is 0 Å². The second kappa shape index (κ2) is 9.66. The standard InChI is InChI=1S/C21H25ClFN3O2/c1-13-7-5-8-14(2)20(13)25-19(27)11-24-21(28)15(3)26(4)12-16-17(22)9-6-10-18(16)23/h5-10,15H,11-12H2,1-4H3,(H,24,28)(H,25,27)/t15-/m1/s1. The van der Waals surface area contributed by atoms with Crippen LogP contribution in [0.15, 0.2) is 36.4 Å². The Hall–Kier alpha value is -2.44. The zero-order valence-electron chi connectivity index (χ0n) is 16.5. The molecule has 0 aromatic heterocycles. The molecule has 0 heterocycles. The molecular formula is C21H25ClFN3O2. The molecule has 0 saturated heterocycles. The first-order chi connectivity index (χ1) is 13.2. The Bertz CT molecular complexity index is 832. The van der Waals surface area contributed by atoms with Crippen LogP contribution in [0.25, 0.3) is 0 Å². The van der Waals surface area contributed by atoms with Gasteiger partial charge in [0.25, 0.3) is 0 Å². The quantitative estimate of drug-likeness (QED) is 0.738. The third-order valence-electron chi connectivity index (χ3n) is 4.68. The fourth-order valence-corrected chi connectivity index (χ4v) is 3.00. The molecule has 2 amide bonds. The van der Waals surface area contributed by atoms with Gasteiger partial charge in [0.15, 0.2) is 0 Å². The second-order valence-electron chi connectivity index (χ2n) is 6.82. The predicted molar refractivity (Wildman–Crippen MR) is 110 cm³/mol. The molecule has 0 aliphatic rings. The molecule has 2 aromatic rings. The van der Waals surface area contributed by atoms with Crippen molar-refractivity contribution < 1.29 is 14.0 Å². The van der Waals surface area contributed by atoms with Gasteiger partial charge >= 0.3 is 0 Å². The number of amides is 2. The summed E-state index contributed by atoms with van der Waals surface area (Å²) >= 11 is 6.04. The van der Waals surface area contributed by atoms with E-state index in [0.717, 1.165) is 16.8 Å². The number of para-hydroxylation sites is 1. The lowest BCUT2D eigenvalue weighted by atomic mass is 10.1. The molecular weight excluding hydrogens is 381 g/mol. The lowest BCUT2D eigenvalue weighted by molar-refractivity contribution is -0.127. The van der Waals surface area contributed by atoms with E-state index in [2.05, 4.69) is 10.6 Å². The molecule has 0 saturated carbocycles. The van der Waals surface area contributed by atoms with Gasteiger partial charge in [0, 0.05) is 22.8 Å². The van der Waals surface area contributed by atoms with Crippen molar-refractivity contribution in [2.24, 2.45) is 0 Å². The van der Waals surface area contributed by atoms with E-state index in [4.69, 9.17) is 11.6 Å². The van der Waals surface area contributed by atoms with E-state index in [0.29, 0.717) is 10.6 Å². The molecule has 0 bridgehead atoms. The number of hydrogen-bond acceptors (Lipinski definition) is 3. The summed E-state index contributed by atoms with van der Waals surface area (Å²) in [5.74, 6) is -1.05. The highest BCUT2D eigenvalue weighted by atomic mass is 35.5. The van der Waals surface area contributed by atoms with Crippen LogP contribution in [0, 0.1) is 19.7 Å². The Morgan fingerprint density at radius 2 is 1.75 bits per heavy atom. The first kappa shape index (κ1) is 21.9. The van der Waals surface area contributed by atoms with E-state index >= 15 is 0 Å². The minimum Gasteiger partial charge on any atom is -0.346 e. The number of halogens is 2. The van der Waals surface area contributed by atoms with Gasteiger partial charge in [0.1, 0.15) is 5.82 Å². The Labute approximate surface area is 169 Å². The molecule has 2 rings (SSSR count). The zero-order chi connectivity index (χ0) is 20.8. The minimum atomic E-state index is -0.566. The van der Waals surface area contributed by atoms with Crippen LogP contribution in [0.5, 0.6) is 0 Å². The van der Waals surface area contributed by atoms with Gasteiger partial charge < -0.3 is 10.6 Å². The van der Waals surface area contributed by atoms with Crippen LogP contribution in [0.2, 0.25) is 5.02 Å². The van der Waals surface area contributed by atoms with Crippen LogP contribution in [-0.2, 0) is 16.1 Å². The van der Waals surface area contributed by atoms with Crippen molar-refractivity contribution in [3.63, 3.8) is 0 Å². The van der Waals surface area contributed by atoms with Crippen molar-refractivity contribution in [3.8, 4) is 0 Å². The number of anilines is 1. The Morgan fingerprint density at radius 1 is 1.14 bits per heavy atom. The molecule has 2 N–H and O–H groups in total. The molecule has 28 heavy (non-hydrogen) atoms. The summed E-state index contributed by atoms with van der Waals surface area (Å²) in [7, 11) is 1.70. The summed E-state index contributed by atoms with van der Waals surface area (Å²) in [5, 5.41) is 5.75. The molecule has 7 heteroatoms. The maximum absolute atomic E-state index is 13.9. The van der Waals surface area contributed by atoms with Crippen molar-refractivity contribution >= 4 is 29.1 Å². The van der Waals surface area contributed by atoms with Crippen LogP contribution in [-0.4, -0.2) is 36.3 Å². The summed E-state index contributed by atoms with van der Waals surface area (Å²) in [4.78, 5) is 26.2. The summed E-state index contributed by atoms with van der Waals surface area (Å²) in [6.45, 7) is 5.53. The summed E-state index contributed by atoms with van der Waals surface area (Å²) in [6.07, 6.45) is 0. The van der Waals surface area contributed by atoms with Gasteiger partial charge in [0.05, 0.1) is 12.6 Å². The fraction of sp³-hybridized carbons (Fsp3) is 0.333. The fourth-order valence-electron chi connectivity index (χ4n) is 2.78. The molecule has 0 radical (unpaired) electrons. The molecule has 0 unspecified atom stereocenters. The highest BCUT2D eigenvalue weighted by Gasteiger charge is 2.21. The number of carbonyl (C=O) groups excluding carboxylic acids is 2. The summed E-state index contributed by atoms with van der Waals surface area (Å²) in [6, 6.07) is 9.64. The van der Waals surface area contributed by atoms with Crippen LogP contribution < -0.4 is 10.6 Å². The van der Waals surface area contributed by atoms with E-state index in [1.807, 2.05) is 32.0 Å². The number of carbonyl (C=O) groups is 2. The van der Waals surface area contributed by atoms with Gasteiger partial charge in [-0.1, -0.05) is 35.9 Å². The third kappa shape index (κ3) is 5.53. The van der Waals surface area contributed by atoms with Crippen molar-refractivity contribution in [1.29, 1.82) is 0 Å². The van der Waals surface area contributed by atoms with Crippen LogP contribution in [0.4, 0.5) is 10.1 Å².